The molecule has 160 valence electrons. The second kappa shape index (κ2) is 9.45. The SMILES string of the molecule is CCOC(=O)c1c(CSc2ccc(C)cc2)n(C)c2cc(Br)c(O)c(C[NH+](C)C)c12. The fraction of sp³-hybridized carbons (Fsp3) is 0.348. The Balaban J connectivity index is 2.19. The van der Waals surface area contributed by atoms with Crippen molar-refractivity contribution in [2.45, 2.75) is 31.0 Å². The summed E-state index contributed by atoms with van der Waals surface area (Å²) < 4.78 is 8.09. The van der Waals surface area contributed by atoms with E-state index in [0.717, 1.165) is 32.0 Å². The number of benzene rings is 2. The van der Waals surface area contributed by atoms with Crippen molar-refractivity contribution in [3.05, 3.63) is 57.2 Å². The number of carbonyl (C=O) groups is 1. The van der Waals surface area contributed by atoms with Crippen LogP contribution in [0.5, 0.6) is 5.75 Å². The molecule has 7 heteroatoms. The third-order valence-corrected chi connectivity index (χ3v) is 6.67. The van der Waals surface area contributed by atoms with E-state index in [4.69, 9.17) is 4.74 Å². The Bertz CT molecular complexity index is 1070. The highest BCUT2D eigenvalue weighted by Crippen LogP contribution is 2.40. The number of nitrogens with one attached hydrogen (secondary N) is 1. The highest BCUT2D eigenvalue weighted by atomic mass is 79.9. The van der Waals surface area contributed by atoms with Crippen LogP contribution in [0.25, 0.3) is 10.9 Å². The molecule has 3 rings (SSSR count). The number of ether oxygens (including phenoxy) is 1. The molecule has 0 bridgehead atoms. The molecule has 0 amide bonds. The fourth-order valence-electron chi connectivity index (χ4n) is 3.58. The number of nitrogens with zero attached hydrogens (tertiary/aromatic N) is 1. The molecular weight excluding hydrogens is 464 g/mol. The van der Waals surface area contributed by atoms with Gasteiger partial charge in [-0.15, -0.1) is 11.8 Å². The van der Waals surface area contributed by atoms with Crippen LogP contribution in [0.15, 0.2) is 39.7 Å². The zero-order valence-electron chi connectivity index (χ0n) is 18.0. The number of aromatic hydroxyl groups is 1. The van der Waals surface area contributed by atoms with Gasteiger partial charge in [0.15, 0.2) is 0 Å². The first-order valence-corrected chi connectivity index (χ1v) is 11.7. The topological polar surface area (TPSA) is 55.9 Å². The number of rotatable bonds is 7. The molecule has 3 aromatic rings. The number of carbonyl (C=O) groups excluding carboxylic acids is 1. The number of fused-ring (bicyclic) bond motifs is 1. The van der Waals surface area contributed by atoms with Crippen LogP contribution in [-0.4, -0.2) is 36.3 Å². The maximum absolute atomic E-state index is 13.0. The van der Waals surface area contributed by atoms with Gasteiger partial charge in [0.25, 0.3) is 0 Å². The summed E-state index contributed by atoms with van der Waals surface area (Å²) in [6.07, 6.45) is 0. The molecule has 0 saturated carbocycles. The first-order valence-electron chi connectivity index (χ1n) is 9.91. The molecule has 1 aromatic heterocycles. The smallest absolute Gasteiger partial charge is 0.340 e. The van der Waals surface area contributed by atoms with Gasteiger partial charge >= 0.3 is 5.97 Å². The molecule has 0 aliphatic carbocycles. The van der Waals surface area contributed by atoms with Crippen LogP contribution in [-0.2, 0) is 24.1 Å². The number of quaternary nitrogens is 1. The van der Waals surface area contributed by atoms with Crippen molar-refractivity contribution >= 4 is 44.6 Å². The van der Waals surface area contributed by atoms with Gasteiger partial charge in [-0.3, -0.25) is 0 Å². The lowest BCUT2D eigenvalue weighted by Crippen LogP contribution is -3.04. The summed E-state index contributed by atoms with van der Waals surface area (Å²) in [6.45, 7) is 4.76. The molecule has 0 aliphatic heterocycles. The fourth-order valence-corrected chi connectivity index (χ4v) is 5.01. The molecule has 30 heavy (non-hydrogen) atoms. The van der Waals surface area contributed by atoms with Crippen molar-refractivity contribution in [1.82, 2.24) is 4.57 Å². The van der Waals surface area contributed by atoms with Crippen LogP contribution in [0.4, 0.5) is 0 Å². The first-order chi connectivity index (χ1) is 14.2. The number of aryl methyl sites for hydroxylation is 2. The van der Waals surface area contributed by atoms with Crippen molar-refractivity contribution in [3.8, 4) is 5.75 Å². The minimum absolute atomic E-state index is 0.178. The average Bonchev–Trinajstić information content (AvgIpc) is 2.96. The largest absolute Gasteiger partial charge is 0.506 e. The number of esters is 1. The lowest BCUT2D eigenvalue weighted by atomic mass is 10.0. The van der Waals surface area contributed by atoms with Gasteiger partial charge in [0.1, 0.15) is 12.3 Å². The van der Waals surface area contributed by atoms with Crippen molar-refractivity contribution < 1.29 is 19.5 Å². The zero-order chi connectivity index (χ0) is 22.0. The van der Waals surface area contributed by atoms with Gasteiger partial charge in [0.2, 0.25) is 0 Å². The van der Waals surface area contributed by atoms with E-state index >= 15 is 0 Å². The monoisotopic (exact) mass is 491 g/mol. The van der Waals surface area contributed by atoms with Gasteiger partial charge < -0.3 is 19.3 Å². The summed E-state index contributed by atoms with van der Waals surface area (Å²) >= 11 is 5.16. The predicted octanol–water partition coefficient (Wildman–Crippen LogP) is 4.07. The lowest BCUT2D eigenvalue weighted by Gasteiger charge is -2.13. The third kappa shape index (κ3) is 4.53. The van der Waals surface area contributed by atoms with E-state index in [1.54, 1.807) is 11.8 Å². The molecule has 0 fully saturated rings. The molecule has 0 spiro atoms. The average molecular weight is 492 g/mol. The summed E-state index contributed by atoms with van der Waals surface area (Å²) in [4.78, 5) is 15.3. The van der Waals surface area contributed by atoms with E-state index in [1.165, 1.54) is 5.56 Å². The summed E-state index contributed by atoms with van der Waals surface area (Å²) in [5.74, 6) is 0.451. The van der Waals surface area contributed by atoms with Crippen molar-refractivity contribution in [3.63, 3.8) is 0 Å². The van der Waals surface area contributed by atoms with E-state index < -0.39 is 0 Å². The Morgan fingerprint density at radius 1 is 1.27 bits per heavy atom. The second-order valence-electron chi connectivity index (χ2n) is 7.67. The van der Waals surface area contributed by atoms with Crippen molar-refractivity contribution in [1.29, 1.82) is 0 Å². The maximum Gasteiger partial charge on any atom is 0.340 e. The van der Waals surface area contributed by atoms with Crippen LogP contribution in [0.1, 0.15) is 34.1 Å². The van der Waals surface area contributed by atoms with Crippen LogP contribution < -0.4 is 4.90 Å². The molecule has 2 N–H and O–H groups in total. The zero-order valence-corrected chi connectivity index (χ0v) is 20.4. The Kier molecular flexibility index (Phi) is 7.16. The molecule has 0 unspecified atom stereocenters. The number of aromatic nitrogens is 1. The molecule has 0 saturated heterocycles. The highest BCUT2D eigenvalue weighted by Gasteiger charge is 2.28. The number of phenolic OH excluding ortho intramolecular Hbond substituents is 1. The van der Waals surface area contributed by atoms with E-state index in [9.17, 15) is 9.90 Å². The minimum Gasteiger partial charge on any atom is -0.506 e. The second-order valence-corrected chi connectivity index (χ2v) is 9.57. The van der Waals surface area contributed by atoms with Crippen LogP contribution in [0, 0.1) is 6.92 Å². The van der Waals surface area contributed by atoms with Gasteiger partial charge in [-0.25, -0.2) is 4.79 Å². The van der Waals surface area contributed by atoms with E-state index in [0.29, 0.717) is 28.9 Å². The van der Waals surface area contributed by atoms with Crippen LogP contribution in [0.3, 0.4) is 0 Å². The normalized spacial score (nSPS) is 11.4. The molecule has 0 atom stereocenters. The van der Waals surface area contributed by atoms with Gasteiger partial charge in [-0.1, -0.05) is 17.7 Å². The summed E-state index contributed by atoms with van der Waals surface area (Å²) in [7, 11) is 6.01. The minimum atomic E-state index is -0.348. The molecule has 1 heterocycles. The van der Waals surface area contributed by atoms with Crippen LogP contribution in [0.2, 0.25) is 0 Å². The Hall–Kier alpha value is -1.96. The van der Waals surface area contributed by atoms with Crippen molar-refractivity contribution in [2.75, 3.05) is 20.7 Å². The standard InChI is InChI=1S/C23H27BrN2O3S/c1-6-29-23(28)21-19(13-30-15-9-7-14(2)8-10-15)26(5)18-11-17(24)22(27)16(20(18)21)12-25(3)4/h7-11,27H,6,12-13H2,1-5H3/p+1. The Labute approximate surface area is 190 Å². The number of halogens is 1. The predicted molar refractivity (Wildman–Crippen MR) is 125 cm³/mol. The quantitative estimate of drug-likeness (QED) is 0.386. The third-order valence-electron chi connectivity index (χ3n) is 5.04. The molecular formula is C23H28BrN2O3S+. The van der Waals surface area contributed by atoms with Crippen LogP contribution >= 0.6 is 27.7 Å². The van der Waals surface area contributed by atoms with E-state index in [2.05, 4.69) is 47.1 Å². The molecule has 0 aliphatic rings. The van der Waals surface area contributed by atoms with Gasteiger partial charge in [0, 0.05) is 28.8 Å². The maximum atomic E-state index is 13.0. The number of phenols is 1. The van der Waals surface area contributed by atoms with Gasteiger partial charge in [-0.2, -0.15) is 0 Å². The summed E-state index contributed by atoms with van der Waals surface area (Å²) in [6, 6.07) is 10.2. The first kappa shape index (κ1) is 22.7. The lowest BCUT2D eigenvalue weighted by molar-refractivity contribution is -0.872. The molecule has 0 radical (unpaired) electrons. The van der Waals surface area contributed by atoms with E-state index in [1.807, 2.05) is 38.7 Å². The van der Waals surface area contributed by atoms with Gasteiger partial charge in [0.05, 0.1) is 41.8 Å². The number of thioether (sulfide) groups is 1. The van der Waals surface area contributed by atoms with Gasteiger partial charge in [-0.05, 0) is 48.0 Å². The molecule has 2 aromatic carbocycles. The molecule has 5 nitrogen and oxygen atoms in total. The van der Waals surface area contributed by atoms with Crippen molar-refractivity contribution in [2.24, 2.45) is 7.05 Å². The number of hydrogen-bond acceptors (Lipinski definition) is 4. The number of hydrogen-bond donors (Lipinski definition) is 2. The summed E-state index contributed by atoms with van der Waals surface area (Å²) in [5.41, 5.74) is 4.31. The Morgan fingerprint density at radius 2 is 1.93 bits per heavy atom. The van der Waals surface area contributed by atoms with E-state index in [-0.39, 0.29) is 11.7 Å². The summed E-state index contributed by atoms with van der Waals surface area (Å²) in [5, 5.41) is 11.6. The Morgan fingerprint density at radius 3 is 2.53 bits per heavy atom. The highest BCUT2D eigenvalue weighted by molar-refractivity contribution is 9.10.